The predicted octanol–water partition coefficient (Wildman–Crippen LogP) is 1.90. The van der Waals surface area contributed by atoms with Crippen molar-refractivity contribution in [1.29, 1.82) is 0 Å². The van der Waals surface area contributed by atoms with Crippen LogP contribution >= 0.6 is 18.2 Å². The van der Waals surface area contributed by atoms with Crippen molar-refractivity contribution in [3.63, 3.8) is 0 Å². The van der Waals surface area contributed by atoms with E-state index >= 15 is 0 Å². The highest BCUT2D eigenvalue weighted by Crippen LogP contribution is 2.62. The van der Waals surface area contributed by atoms with Crippen LogP contribution < -0.4 is 5.73 Å². The molecular weight excluding hydrogens is 405 g/mol. The van der Waals surface area contributed by atoms with E-state index in [1.807, 2.05) is 24.3 Å². The van der Waals surface area contributed by atoms with Crippen molar-refractivity contribution in [2.75, 3.05) is 26.9 Å². The van der Waals surface area contributed by atoms with Gasteiger partial charge in [-0.15, -0.1) is 0 Å². The molecule has 162 valence electrons. The Hall–Kier alpha value is -0.480. The second kappa shape index (κ2) is 13.0. The van der Waals surface area contributed by atoms with Gasteiger partial charge in [0, 0.05) is 18.9 Å². The van der Waals surface area contributed by atoms with Gasteiger partial charge in [0.15, 0.2) is 6.29 Å². The lowest BCUT2D eigenvalue weighted by Gasteiger charge is -2.25. The maximum absolute atomic E-state index is 13.1. The van der Waals surface area contributed by atoms with Crippen molar-refractivity contribution < 1.29 is 33.7 Å². The topological polar surface area (TPSA) is 131 Å². The maximum atomic E-state index is 13.1. The minimum absolute atomic E-state index is 0.00420. The number of ether oxygens (including phenoxy) is 1. The van der Waals surface area contributed by atoms with Gasteiger partial charge in [0.2, 0.25) is 0 Å². The van der Waals surface area contributed by atoms with Crippen molar-refractivity contribution in [2.45, 2.75) is 44.5 Å². The van der Waals surface area contributed by atoms with E-state index in [1.165, 1.54) is 7.11 Å². The van der Waals surface area contributed by atoms with Crippen LogP contribution in [0.25, 0.3) is 0 Å². The molecule has 0 aromatic heterocycles. The summed E-state index contributed by atoms with van der Waals surface area (Å²) < 4.78 is 28.4. The van der Waals surface area contributed by atoms with Crippen LogP contribution in [0.1, 0.15) is 25.0 Å². The van der Waals surface area contributed by atoms with Gasteiger partial charge in [0.25, 0.3) is 0 Å². The summed E-state index contributed by atoms with van der Waals surface area (Å²) in [6.45, 7) is -0.827. The van der Waals surface area contributed by atoms with Gasteiger partial charge < -0.3 is 25.8 Å². The summed E-state index contributed by atoms with van der Waals surface area (Å²) in [5.74, 6) is 0.633. The highest BCUT2D eigenvalue weighted by Gasteiger charge is 2.33. The van der Waals surface area contributed by atoms with Crippen molar-refractivity contribution in [1.82, 2.24) is 0 Å². The number of benzene rings is 1. The number of methoxy groups -OCH3 is 1. The third-order valence-corrected chi connectivity index (χ3v) is 7.85. The molecular formula is C18H32NO7PS. The molecule has 0 saturated carbocycles. The molecule has 10 heteroatoms. The maximum Gasteiger partial charge on any atom is 0.390 e. The average Bonchev–Trinajstić information content (AvgIpc) is 2.69. The normalized spacial score (nSPS) is 17.3. The molecule has 1 aromatic rings. The Bertz CT molecular complexity index is 619. The standard InChI is InChI=1S/C18H32NO7PS/c1-13(2)16(19)10-14-6-4-5-7-15(14)12-28-27(23,25-9-8-20)26-17(11-21)18(22)24-3/h4-7,13,16-18,20-22H,8-12,19H2,1-3H3. The number of aliphatic hydroxyl groups is 3. The molecule has 4 atom stereocenters. The average molecular weight is 437 g/mol. The second-order valence-corrected chi connectivity index (χ2v) is 10.6. The van der Waals surface area contributed by atoms with E-state index in [9.17, 15) is 14.8 Å². The Labute approximate surface area is 170 Å². The molecule has 1 rings (SSSR count). The molecule has 1 aromatic carbocycles. The Morgan fingerprint density at radius 1 is 1.21 bits per heavy atom. The monoisotopic (exact) mass is 437 g/mol. The minimum atomic E-state index is -3.79. The van der Waals surface area contributed by atoms with E-state index in [0.717, 1.165) is 22.5 Å². The Balaban J connectivity index is 2.92. The quantitative estimate of drug-likeness (QED) is 0.254. The van der Waals surface area contributed by atoms with E-state index in [0.29, 0.717) is 18.1 Å². The molecule has 0 fully saturated rings. The van der Waals surface area contributed by atoms with Crippen LogP contribution in [0.3, 0.4) is 0 Å². The molecule has 0 aliphatic heterocycles. The fourth-order valence-corrected chi connectivity index (χ4v) is 5.72. The van der Waals surface area contributed by atoms with Crippen LogP contribution in [0.2, 0.25) is 0 Å². The van der Waals surface area contributed by atoms with E-state index in [2.05, 4.69) is 13.8 Å². The summed E-state index contributed by atoms with van der Waals surface area (Å²) in [5, 5.41) is 28.1. The number of aliphatic hydroxyl groups excluding tert-OH is 3. The summed E-state index contributed by atoms with van der Waals surface area (Å²) in [6.07, 6.45) is -2.03. The van der Waals surface area contributed by atoms with E-state index in [1.54, 1.807) is 0 Å². The van der Waals surface area contributed by atoms with Gasteiger partial charge in [-0.1, -0.05) is 38.1 Å². The molecule has 28 heavy (non-hydrogen) atoms. The molecule has 0 saturated heterocycles. The van der Waals surface area contributed by atoms with Gasteiger partial charge in [-0.05, 0) is 34.8 Å². The Kier molecular flexibility index (Phi) is 11.8. The Morgan fingerprint density at radius 3 is 2.39 bits per heavy atom. The van der Waals surface area contributed by atoms with Crippen LogP contribution in [0.5, 0.6) is 0 Å². The minimum Gasteiger partial charge on any atom is -0.394 e. The first-order chi connectivity index (χ1) is 13.3. The van der Waals surface area contributed by atoms with Crippen molar-refractivity contribution >= 4 is 18.2 Å². The van der Waals surface area contributed by atoms with Gasteiger partial charge in [0.05, 0.1) is 19.8 Å². The summed E-state index contributed by atoms with van der Waals surface area (Å²) in [7, 11) is 1.23. The van der Waals surface area contributed by atoms with Crippen LogP contribution in [0, 0.1) is 5.92 Å². The van der Waals surface area contributed by atoms with Gasteiger partial charge in [-0.3, -0.25) is 9.05 Å². The van der Waals surface area contributed by atoms with Crippen molar-refractivity contribution in [3.05, 3.63) is 35.4 Å². The van der Waals surface area contributed by atoms with Crippen molar-refractivity contribution in [3.8, 4) is 0 Å². The lowest BCUT2D eigenvalue weighted by atomic mass is 9.95. The van der Waals surface area contributed by atoms with Crippen LogP contribution in [0.4, 0.5) is 0 Å². The lowest BCUT2D eigenvalue weighted by molar-refractivity contribution is -0.147. The molecule has 0 aliphatic carbocycles. The summed E-state index contributed by atoms with van der Waals surface area (Å²) in [4.78, 5) is 0. The van der Waals surface area contributed by atoms with Crippen LogP contribution in [-0.2, 0) is 30.5 Å². The highest BCUT2D eigenvalue weighted by molar-refractivity contribution is 8.54. The molecule has 0 amide bonds. The van der Waals surface area contributed by atoms with Gasteiger partial charge in [-0.2, -0.15) is 0 Å². The third-order valence-electron chi connectivity index (χ3n) is 4.15. The van der Waals surface area contributed by atoms with E-state index in [4.69, 9.17) is 24.6 Å². The zero-order valence-electron chi connectivity index (χ0n) is 16.6. The second-order valence-electron chi connectivity index (χ2n) is 6.61. The SMILES string of the molecule is COC(O)C(CO)OP(=O)(OCCO)SCc1ccccc1CC(N)C(C)C. The zero-order valence-corrected chi connectivity index (χ0v) is 18.3. The summed E-state index contributed by atoms with van der Waals surface area (Å²) in [5.41, 5.74) is 8.17. The van der Waals surface area contributed by atoms with E-state index < -0.39 is 25.8 Å². The van der Waals surface area contributed by atoms with E-state index in [-0.39, 0.29) is 19.3 Å². The van der Waals surface area contributed by atoms with Crippen LogP contribution in [-0.4, -0.2) is 60.7 Å². The van der Waals surface area contributed by atoms with Crippen LogP contribution in [0.15, 0.2) is 24.3 Å². The summed E-state index contributed by atoms with van der Waals surface area (Å²) >= 11 is 0.920. The number of hydrogen-bond acceptors (Lipinski definition) is 9. The van der Waals surface area contributed by atoms with Crippen molar-refractivity contribution in [2.24, 2.45) is 11.7 Å². The first-order valence-corrected chi connectivity index (χ1v) is 12.2. The third kappa shape index (κ3) is 8.49. The highest BCUT2D eigenvalue weighted by atomic mass is 32.7. The van der Waals surface area contributed by atoms with Gasteiger partial charge in [-0.25, -0.2) is 4.57 Å². The number of rotatable bonds is 14. The molecule has 0 radical (unpaired) electrons. The first-order valence-electron chi connectivity index (χ1n) is 9.08. The molecule has 8 nitrogen and oxygen atoms in total. The molecule has 0 heterocycles. The fraction of sp³-hybridized carbons (Fsp3) is 0.667. The molecule has 5 N–H and O–H groups in total. The Morgan fingerprint density at radius 2 is 1.86 bits per heavy atom. The smallest absolute Gasteiger partial charge is 0.390 e. The molecule has 0 spiro atoms. The largest absolute Gasteiger partial charge is 0.394 e. The number of nitrogens with two attached hydrogens (primary N) is 1. The fourth-order valence-electron chi connectivity index (χ4n) is 2.28. The number of hydrogen-bond donors (Lipinski definition) is 4. The molecule has 0 aliphatic rings. The molecule has 0 bridgehead atoms. The molecule has 4 unspecified atom stereocenters. The lowest BCUT2D eigenvalue weighted by Crippen LogP contribution is -2.33. The van der Waals surface area contributed by atoms with Gasteiger partial charge >= 0.3 is 6.80 Å². The van der Waals surface area contributed by atoms with Gasteiger partial charge in [0.1, 0.15) is 6.10 Å². The zero-order chi connectivity index (χ0) is 21.2. The first kappa shape index (κ1) is 25.6. The summed E-state index contributed by atoms with van der Waals surface area (Å²) in [6, 6.07) is 7.69. The predicted molar refractivity (Wildman–Crippen MR) is 110 cm³/mol.